The summed E-state index contributed by atoms with van der Waals surface area (Å²) in [5.41, 5.74) is 0. The second-order valence-electron chi connectivity index (χ2n) is 5.27. The molecule has 0 radical (unpaired) electrons. The Labute approximate surface area is 103 Å². The van der Waals surface area contributed by atoms with E-state index in [0.29, 0.717) is 19.2 Å². The molecule has 0 atom stereocenters. The van der Waals surface area contributed by atoms with Crippen LogP contribution in [0.2, 0.25) is 0 Å². The van der Waals surface area contributed by atoms with Crippen LogP contribution in [0.25, 0.3) is 0 Å². The van der Waals surface area contributed by atoms with Crippen LogP contribution in [0.15, 0.2) is 0 Å². The first kappa shape index (κ1) is 11.9. The van der Waals surface area contributed by atoms with Crippen molar-refractivity contribution in [1.82, 2.24) is 9.62 Å². The third-order valence-corrected chi connectivity index (χ3v) is 6.12. The van der Waals surface area contributed by atoms with Crippen molar-refractivity contribution in [2.45, 2.75) is 43.1 Å². The minimum atomic E-state index is -2.96. The maximum Gasteiger partial charge on any atom is 0.217 e. The fourth-order valence-electron chi connectivity index (χ4n) is 2.48. The summed E-state index contributed by atoms with van der Waals surface area (Å²) < 4.78 is 31.2. The number of hydrogen-bond donors (Lipinski definition) is 1. The highest BCUT2D eigenvalue weighted by Crippen LogP contribution is 2.33. The molecule has 17 heavy (non-hydrogen) atoms. The highest BCUT2D eigenvalue weighted by molar-refractivity contribution is 7.90. The molecule has 0 aromatic heterocycles. The van der Waals surface area contributed by atoms with E-state index in [4.69, 9.17) is 4.74 Å². The van der Waals surface area contributed by atoms with Crippen LogP contribution in [0.5, 0.6) is 0 Å². The van der Waals surface area contributed by atoms with Gasteiger partial charge in [0.25, 0.3) is 0 Å². The number of piperidine rings is 1. The van der Waals surface area contributed by atoms with Crippen LogP contribution in [-0.2, 0) is 14.8 Å². The van der Waals surface area contributed by atoms with Crippen molar-refractivity contribution in [2.24, 2.45) is 0 Å². The van der Waals surface area contributed by atoms with Gasteiger partial charge in [-0.1, -0.05) is 0 Å². The van der Waals surface area contributed by atoms with Gasteiger partial charge in [-0.05, 0) is 38.8 Å². The first-order chi connectivity index (χ1) is 8.16. The molecule has 5 nitrogen and oxygen atoms in total. The number of sulfonamides is 1. The Morgan fingerprint density at radius 2 is 1.65 bits per heavy atom. The van der Waals surface area contributed by atoms with Crippen molar-refractivity contribution in [3.05, 3.63) is 0 Å². The lowest BCUT2D eigenvalue weighted by Gasteiger charge is -2.40. The average molecular weight is 260 g/mol. The van der Waals surface area contributed by atoms with Gasteiger partial charge in [-0.15, -0.1) is 0 Å². The number of hydrogen-bond acceptors (Lipinski definition) is 4. The quantitative estimate of drug-likeness (QED) is 0.769. The van der Waals surface area contributed by atoms with Gasteiger partial charge in [-0.3, -0.25) is 0 Å². The number of rotatable bonds is 4. The third-order valence-electron chi connectivity index (χ3n) is 3.79. The maximum absolute atomic E-state index is 11.9. The molecular weight excluding hydrogens is 240 g/mol. The summed E-state index contributed by atoms with van der Waals surface area (Å²) in [6.07, 6.45) is 4.24. The van der Waals surface area contributed by atoms with E-state index >= 15 is 0 Å². The van der Waals surface area contributed by atoms with Crippen LogP contribution in [0.1, 0.15) is 25.7 Å². The predicted octanol–water partition coefficient (Wildman–Crippen LogP) is -0.0686. The summed E-state index contributed by atoms with van der Waals surface area (Å²) in [5.74, 6) is 0. The van der Waals surface area contributed by atoms with Crippen molar-refractivity contribution in [3.8, 4) is 0 Å². The molecule has 0 unspecified atom stereocenters. The molecule has 2 aliphatic heterocycles. The minimum absolute atomic E-state index is 0.0812. The molecule has 98 valence electrons. The van der Waals surface area contributed by atoms with Crippen LogP contribution in [0, 0.1) is 0 Å². The monoisotopic (exact) mass is 260 g/mol. The average Bonchev–Trinajstić information content (AvgIpc) is 3.07. The normalized spacial score (nSPS) is 29.2. The lowest BCUT2D eigenvalue weighted by Crippen LogP contribution is -2.56. The second kappa shape index (κ2) is 4.50. The van der Waals surface area contributed by atoms with Gasteiger partial charge in [0.05, 0.1) is 17.5 Å². The van der Waals surface area contributed by atoms with Gasteiger partial charge in [-0.2, -0.15) is 4.31 Å². The molecule has 0 bridgehead atoms. The number of nitrogens with one attached hydrogen (secondary N) is 1. The molecule has 1 saturated carbocycles. The molecule has 3 fully saturated rings. The topological polar surface area (TPSA) is 58.6 Å². The summed E-state index contributed by atoms with van der Waals surface area (Å²) in [5, 5.41) is 3.21. The van der Waals surface area contributed by atoms with E-state index in [2.05, 4.69) is 5.32 Å². The molecule has 0 aromatic carbocycles. The SMILES string of the molecule is O=S(=O)(C1CC1)N1CC(OC2CCNCC2)C1. The molecule has 3 aliphatic rings. The Morgan fingerprint density at radius 3 is 2.24 bits per heavy atom. The molecule has 3 rings (SSSR count). The van der Waals surface area contributed by atoms with E-state index in [1.807, 2.05) is 0 Å². The van der Waals surface area contributed by atoms with Crippen molar-refractivity contribution >= 4 is 10.0 Å². The van der Waals surface area contributed by atoms with Crippen LogP contribution in [0.4, 0.5) is 0 Å². The molecular formula is C11H20N2O3S. The van der Waals surface area contributed by atoms with Crippen LogP contribution in [0.3, 0.4) is 0 Å². The van der Waals surface area contributed by atoms with Crippen LogP contribution < -0.4 is 5.32 Å². The molecule has 0 spiro atoms. The van der Waals surface area contributed by atoms with E-state index in [1.54, 1.807) is 4.31 Å². The van der Waals surface area contributed by atoms with Gasteiger partial charge in [0, 0.05) is 13.1 Å². The molecule has 2 saturated heterocycles. The summed E-state index contributed by atoms with van der Waals surface area (Å²) in [7, 11) is -2.96. The highest BCUT2D eigenvalue weighted by atomic mass is 32.2. The summed E-state index contributed by atoms with van der Waals surface area (Å²) in [4.78, 5) is 0. The van der Waals surface area contributed by atoms with Crippen molar-refractivity contribution in [2.75, 3.05) is 26.2 Å². The largest absolute Gasteiger partial charge is 0.372 e. The van der Waals surface area contributed by atoms with Gasteiger partial charge in [0.1, 0.15) is 0 Å². The van der Waals surface area contributed by atoms with E-state index in [-0.39, 0.29) is 11.4 Å². The van der Waals surface area contributed by atoms with Gasteiger partial charge in [0.2, 0.25) is 10.0 Å². The van der Waals surface area contributed by atoms with Crippen LogP contribution >= 0.6 is 0 Å². The van der Waals surface area contributed by atoms with Crippen molar-refractivity contribution < 1.29 is 13.2 Å². The fourth-order valence-corrected chi connectivity index (χ4v) is 4.38. The molecule has 1 aliphatic carbocycles. The number of ether oxygens (including phenoxy) is 1. The van der Waals surface area contributed by atoms with Gasteiger partial charge < -0.3 is 10.1 Å². The lowest BCUT2D eigenvalue weighted by molar-refractivity contribution is -0.0754. The first-order valence-electron chi connectivity index (χ1n) is 6.51. The molecule has 6 heteroatoms. The van der Waals surface area contributed by atoms with Gasteiger partial charge in [-0.25, -0.2) is 8.42 Å². The predicted molar refractivity (Wildman–Crippen MR) is 64.3 cm³/mol. The minimum Gasteiger partial charge on any atom is -0.372 e. The third kappa shape index (κ3) is 2.50. The van der Waals surface area contributed by atoms with Crippen molar-refractivity contribution in [3.63, 3.8) is 0 Å². The van der Waals surface area contributed by atoms with E-state index in [0.717, 1.165) is 38.8 Å². The zero-order valence-electron chi connectivity index (χ0n) is 9.97. The molecule has 1 N–H and O–H groups in total. The molecule has 2 heterocycles. The Kier molecular flexibility index (Phi) is 3.15. The lowest BCUT2D eigenvalue weighted by atomic mass is 10.1. The first-order valence-corrected chi connectivity index (χ1v) is 8.02. The number of nitrogens with zero attached hydrogens (tertiary/aromatic N) is 1. The van der Waals surface area contributed by atoms with E-state index in [9.17, 15) is 8.42 Å². The Morgan fingerprint density at radius 1 is 1.00 bits per heavy atom. The zero-order chi connectivity index (χ0) is 11.9. The van der Waals surface area contributed by atoms with Crippen molar-refractivity contribution in [1.29, 1.82) is 0 Å². The Balaban J connectivity index is 1.45. The second-order valence-corrected chi connectivity index (χ2v) is 7.48. The van der Waals surface area contributed by atoms with Gasteiger partial charge in [0.15, 0.2) is 0 Å². The Hall–Kier alpha value is -0.170. The van der Waals surface area contributed by atoms with Crippen LogP contribution in [-0.4, -0.2) is 56.4 Å². The van der Waals surface area contributed by atoms with E-state index in [1.165, 1.54) is 0 Å². The summed E-state index contributed by atoms with van der Waals surface area (Å²) in [6.45, 7) is 3.18. The maximum atomic E-state index is 11.9. The van der Waals surface area contributed by atoms with Gasteiger partial charge >= 0.3 is 0 Å². The zero-order valence-corrected chi connectivity index (χ0v) is 10.8. The highest BCUT2D eigenvalue weighted by Gasteiger charge is 2.45. The standard InChI is InChI=1S/C11H20N2O3S/c14-17(15,11-1-2-11)13-7-10(8-13)16-9-3-5-12-6-4-9/h9-12H,1-8H2. The van der Waals surface area contributed by atoms with E-state index < -0.39 is 10.0 Å². The fraction of sp³-hybridized carbons (Fsp3) is 1.00. The Bertz CT molecular complexity index is 368. The summed E-state index contributed by atoms with van der Waals surface area (Å²) in [6, 6.07) is 0. The molecule has 0 amide bonds. The summed E-state index contributed by atoms with van der Waals surface area (Å²) >= 11 is 0. The smallest absolute Gasteiger partial charge is 0.217 e. The molecule has 0 aromatic rings.